The van der Waals surface area contributed by atoms with Gasteiger partial charge in [0.25, 0.3) is 5.91 Å². The Labute approximate surface area is 153 Å². The van der Waals surface area contributed by atoms with E-state index in [4.69, 9.17) is 4.74 Å². The van der Waals surface area contributed by atoms with Gasteiger partial charge in [-0.3, -0.25) is 9.59 Å². The number of aryl methyl sites for hydroxylation is 1. The number of rotatable bonds is 7. The Morgan fingerprint density at radius 1 is 1.08 bits per heavy atom. The lowest BCUT2D eigenvalue weighted by Gasteiger charge is -2.12. The zero-order valence-electron chi connectivity index (χ0n) is 15.2. The number of ether oxygens (including phenoxy) is 1. The summed E-state index contributed by atoms with van der Waals surface area (Å²) < 4.78 is 5.69. The van der Waals surface area contributed by atoms with Gasteiger partial charge in [0, 0.05) is 23.4 Å². The molecule has 5 nitrogen and oxygen atoms in total. The molecular formula is C21H24N2O3. The van der Waals surface area contributed by atoms with Crippen molar-refractivity contribution >= 4 is 23.2 Å². The number of anilines is 2. The third-order valence-electron chi connectivity index (χ3n) is 4.39. The van der Waals surface area contributed by atoms with Crippen LogP contribution in [0.5, 0.6) is 5.75 Å². The molecule has 26 heavy (non-hydrogen) atoms. The molecule has 0 spiro atoms. The maximum absolute atomic E-state index is 12.5. The second kappa shape index (κ2) is 8.04. The summed E-state index contributed by atoms with van der Waals surface area (Å²) in [5.74, 6) is 1.23. The van der Waals surface area contributed by atoms with Crippen LogP contribution in [0.2, 0.25) is 0 Å². The summed E-state index contributed by atoms with van der Waals surface area (Å²) >= 11 is 0. The molecule has 2 aromatic rings. The largest absolute Gasteiger partial charge is 0.493 e. The van der Waals surface area contributed by atoms with Gasteiger partial charge in [0.1, 0.15) is 5.75 Å². The average Bonchev–Trinajstić information content (AvgIpc) is 3.47. The lowest BCUT2D eigenvalue weighted by atomic mass is 10.1. The van der Waals surface area contributed by atoms with Crippen molar-refractivity contribution in [2.45, 2.75) is 33.1 Å². The van der Waals surface area contributed by atoms with Crippen LogP contribution in [-0.4, -0.2) is 18.4 Å². The van der Waals surface area contributed by atoms with Crippen molar-refractivity contribution in [3.8, 4) is 5.75 Å². The molecule has 0 radical (unpaired) electrons. The molecule has 0 aromatic heterocycles. The van der Waals surface area contributed by atoms with E-state index in [-0.39, 0.29) is 11.8 Å². The van der Waals surface area contributed by atoms with E-state index in [1.54, 1.807) is 25.1 Å². The van der Waals surface area contributed by atoms with Crippen LogP contribution in [-0.2, 0) is 4.79 Å². The van der Waals surface area contributed by atoms with E-state index in [0.717, 1.165) is 17.9 Å². The molecule has 0 aliphatic heterocycles. The SMILES string of the molecule is CCC(=O)Nc1ccc(C)c(NC(=O)c2ccc(OCC3CC3)cc2)c1. The van der Waals surface area contributed by atoms with Crippen LogP contribution in [0.3, 0.4) is 0 Å². The second-order valence-electron chi connectivity index (χ2n) is 6.66. The quantitative estimate of drug-likeness (QED) is 0.777. The van der Waals surface area contributed by atoms with Crippen molar-refractivity contribution in [1.82, 2.24) is 0 Å². The Kier molecular flexibility index (Phi) is 5.56. The van der Waals surface area contributed by atoms with E-state index in [2.05, 4.69) is 10.6 Å². The average molecular weight is 352 g/mol. The predicted molar refractivity (Wildman–Crippen MR) is 103 cm³/mol. The molecule has 0 heterocycles. The van der Waals surface area contributed by atoms with Gasteiger partial charge in [0.15, 0.2) is 0 Å². The minimum atomic E-state index is -0.194. The Bertz CT molecular complexity index is 795. The van der Waals surface area contributed by atoms with Crippen molar-refractivity contribution in [3.05, 3.63) is 53.6 Å². The van der Waals surface area contributed by atoms with E-state index in [1.165, 1.54) is 12.8 Å². The van der Waals surface area contributed by atoms with Gasteiger partial charge >= 0.3 is 0 Å². The van der Waals surface area contributed by atoms with E-state index < -0.39 is 0 Å². The van der Waals surface area contributed by atoms with Gasteiger partial charge in [0.05, 0.1) is 6.61 Å². The molecule has 1 fully saturated rings. The molecule has 1 aliphatic carbocycles. The zero-order chi connectivity index (χ0) is 18.5. The minimum absolute atomic E-state index is 0.0621. The highest BCUT2D eigenvalue weighted by atomic mass is 16.5. The molecule has 0 bridgehead atoms. The normalized spacial score (nSPS) is 13.2. The molecule has 0 saturated heterocycles. The number of amides is 2. The van der Waals surface area contributed by atoms with Gasteiger partial charge in [-0.05, 0) is 67.6 Å². The smallest absolute Gasteiger partial charge is 0.255 e. The molecule has 1 saturated carbocycles. The molecule has 5 heteroatoms. The molecular weight excluding hydrogens is 328 g/mol. The predicted octanol–water partition coefficient (Wildman–Crippen LogP) is 4.38. The van der Waals surface area contributed by atoms with E-state index in [0.29, 0.717) is 29.3 Å². The summed E-state index contributed by atoms with van der Waals surface area (Å²) in [7, 11) is 0. The summed E-state index contributed by atoms with van der Waals surface area (Å²) in [6.07, 6.45) is 2.90. The number of benzene rings is 2. The van der Waals surface area contributed by atoms with Crippen molar-refractivity contribution in [3.63, 3.8) is 0 Å². The Morgan fingerprint density at radius 2 is 1.81 bits per heavy atom. The van der Waals surface area contributed by atoms with Gasteiger partial charge in [-0.1, -0.05) is 13.0 Å². The summed E-state index contributed by atoms with van der Waals surface area (Å²) in [6.45, 7) is 4.46. The monoisotopic (exact) mass is 352 g/mol. The van der Waals surface area contributed by atoms with Crippen LogP contribution in [0.15, 0.2) is 42.5 Å². The van der Waals surface area contributed by atoms with Gasteiger partial charge in [-0.2, -0.15) is 0 Å². The number of nitrogens with one attached hydrogen (secondary N) is 2. The van der Waals surface area contributed by atoms with Gasteiger partial charge in [-0.15, -0.1) is 0 Å². The molecule has 2 N–H and O–H groups in total. The standard InChI is InChI=1S/C21H24N2O3/c1-3-20(24)22-17-9-4-14(2)19(12-17)23-21(25)16-7-10-18(11-8-16)26-13-15-5-6-15/h4,7-12,15H,3,5-6,13H2,1-2H3,(H,22,24)(H,23,25). The molecule has 2 aromatic carbocycles. The van der Waals surface area contributed by atoms with Crippen LogP contribution < -0.4 is 15.4 Å². The van der Waals surface area contributed by atoms with Crippen LogP contribution in [0, 0.1) is 12.8 Å². The minimum Gasteiger partial charge on any atom is -0.493 e. The zero-order valence-corrected chi connectivity index (χ0v) is 15.2. The van der Waals surface area contributed by atoms with Crippen LogP contribution >= 0.6 is 0 Å². The summed E-state index contributed by atoms with van der Waals surface area (Å²) in [5.41, 5.74) is 2.84. The van der Waals surface area contributed by atoms with Gasteiger partial charge < -0.3 is 15.4 Å². The van der Waals surface area contributed by atoms with Crippen molar-refractivity contribution in [2.75, 3.05) is 17.2 Å². The van der Waals surface area contributed by atoms with Crippen LogP contribution in [0.1, 0.15) is 42.1 Å². The molecule has 0 unspecified atom stereocenters. The maximum atomic E-state index is 12.5. The molecule has 136 valence electrons. The fourth-order valence-corrected chi connectivity index (χ4v) is 2.48. The first-order valence-corrected chi connectivity index (χ1v) is 9.00. The van der Waals surface area contributed by atoms with E-state index in [9.17, 15) is 9.59 Å². The van der Waals surface area contributed by atoms with E-state index >= 15 is 0 Å². The molecule has 2 amide bonds. The molecule has 1 aliphatic rings. The third-order valence-corrected chi connectivity index (χ3v) is 4.39. The highest BCUT2D eigenvalue weighted by Crippen LogP contribution is 2.29. The lowest BCUT2D eigenvalue weighted by Crippen LogP contribution is -2.14. The molecule has 0 atom stereocenters. The summed E-state index contributed by atoms with van der Waals surface area (Å²) in [4.78, 5) is 24.0. The highest BCUT2D eigenvalue weighted by molar-refractivity contribution is 6.05. The van der Waals surface area contributed by atoms with E-state index in [1.807, 2.05) is 31.2 Å². The fraction of sp³-hybridized carbons (Fsp3) is 0.333. The van der Waals surface area contributed by atoms with Gasteiger partial charge in [0.2, 0.25) is 5.91 Å². The number of hydrogen-bond donors (Lipinski definition) is 2. The summed E-state index contributed by atoms with van der Waals surface area (Å²) in [6, 6.07) is 12.6. The Hall–Kier alpha value is -2.82. The first kappa shape index (κ1) is 18.0. The fourth-order valence-electron chi connectivity index (χ4n) is 2.48. The van der Waals surface area contributed by atoms with Crippen molar-refractivity contribution < 1.29 is 14.3 Å². The third kappa shape index (κ3) is 4.85. The molecule has 3 rings (SSSR count). The first-order valence-electron chi connectivity index (χ1n) is 9.00. The van der Waals surface area contributed by atoms with Crippen molar-refractivity contribution in [2.24, 2.45) is 5.92 Å². The number of carbonyl (C=O) groups excluding carboxylic acids is 2. The second-order valence-corrected chi connectivity index (χ2v) is 6.66. The lowest BCUT2D eigenvalue weighted by molar-refractivity contribution is -0.115. The van der Waals surface area contributed by atoms with Crippen LogP contribution in [0.4, 0.5) is 11.4 Å². The number of carbonyl (C=O) groups is 2. The Balaban J connectivity index is 1.64. The highest BCUT2D eigenvalue weighted by Gasteiger charge is 2.21. The Morgan fingerprint density at radius 3 is 2.46 bits per heavy atom. The maximum Gasteiger partial charge on any atom is 0.255 e. The topological polar surface area (TPSA) is 67.4 Å². The first-order chi connectivity index (χ1) is 12.5. The number of hydrogen-bond acceptors (Lipinski definition) is 3. The van der Waals surface area contributed by atoms with Crippen molar-refractivity contribution in [1.29, 1.82) is 0 Å². The van der Waals surface area contributed by atoms with Crippen LogP contribution in [0.25, 0.3) is 0 Å². The van der Waals surface area contributed by atoms with Gasteiger partial charge in [-0.25, -0.2) is 0 Å². The summed E-state index contributed by atoms with van der Waals surface area (Å²) in [5, 5.41) is 5.71.